The molecule has 1 amide bonds. The van der Waals surface area contributed by atoms with Crippen molar-refractivity contribution in [3.8, 4) is 0 Å². The van der Waals surface area contributed by atoms with Crippen LogP contribution in [0.5, 0.6) is 0 Å². The Hall–Kier alpha value is -3.40. The summed E-state index contributed by atoms with van der Waals surface area (Å²) in [4.78, 5) is 17.2. The molecule has 4 heteroatoms. The molecule has 0 aliphatic heterocycles. The minimum absolute atomic E-state index is 0.0412. The van der Waals surface area contributed by atoms with Gasteiger partial charge in [0.1, 0.15) is 5.82 Å². The number of imidazole rings is 1. The van der Waals surface area contributed by atoms with Crippen LogP contribution in [0.4, 0.5) is 0 Å². The van der Waals surface area contributed by atoms with Crippen LogP contribution in [-0.2, 0) is 24.2 Å². The summed E-state index contributed by atoms with van der Waals surface area (Å²) in [6, 6.07) is 27.0. The Bertz CT molecular complexity index is 1160. The van der Waals surface area contributed by atoms with Crippen LogP contribution < -0.4 is 5.32 Å². The Morgan fingerprint density at radius 3 is 2.41 bits per heavy atom. The van der Waals surface area contributed by atoms with Crippen LogP contribution in [0.25, 0.3) is 11.0 Å². The maximum absolute atomic E-state index is 12.3. The third kappa shape index (κ3) is 5.25. The average Bonchev–Trinajstić information content (AvgIpc) is 3.17. The molecule has 0 aliphatic carbocycles. The molecule has 1 atom stereocenters. The third-order valence-corrected chi connectivity index (χ3v) is 6.11. The number of nitrogens with zero attached hydrogens (tertiary/aromatic N) is 2. The molecule has 32 heavy (non-hydrogen) atoms. The van der Waals surface area contributed by atoms with E-state index in [2.05, 4.69) is 66.2 Å². The van der Waals surface area contributed by atoms with Crippen molar-refractivity contribution in [1.82, 2.24) is 14.9 Å². The summed E-state index contributed by atoms with van der Waals surface area (Å²) in [6.07, 6.45) is 2.24. The first kappa shape index (κ1) is 21.8. The number of fused-ring (bicyclic) bond motifs is 1. The summed E-state index contributed by atoms with van der Waals surface area (Å²) >= 11 is 0. The van der Waals surface area contributed by atoms with Crippen LogP contribution in [0.2, 0.25) is 0 Å². The van der Waals surface area contributed by atoms with E-state index in [4.69, 9.17) is 4.98 Å². The standard InChI is InChI=1S/C28H31N3O/c1-3-21(2)24-15-13-23(14-16-24)20-31-26-12-8-7-11-25(26)30-27(31)17-18-29-28(32)19-22-9-5-4-6-10-22/h4-16,21H,3,17-20H2,1-2H3,(H,29,32). The van der Waals surface area contributed by atoms with Crippen LogP contribution in [0, 0.1) is 0 Å². The minimum Gasteiger partial charge on any atom is -0.355 e. The second kappa shape index (κ2) is 10.3. The summed E-state index contributed by atoms with van der Waals surface area (Å²) < 4.78 is 2.27. The van der Waals surface area contributed by atoms with Gasteiger partial charge >= 0.3 is 0 Å². The Labute approximate surface area is 190 Å². The SMILES string of the molecule is CCC(C)c1ccc(Cn2c(CCNC(=O)Cc3ccccc3)nc3ccccc32)cc1. The predicted octanol–water partition coefficient (Wildman–Crippen LogP) is 5.50. The molecule has 1 heterocycles. The Kier molecular flexibility index (Phi) is 7.00. The summed E-state index contributed by atoms with van der Waals surface area (Å²) in [6.45, 7) is 5.83. The fraction of sp³-hybridized carbons (Fsp3) is 0.286. The topological polar surface area (TPSA) is 46.9 Å². The lowest BCUT2D eigenvalue weighted by Gasteiger charge is -2.13. The first-order valence-corrected chi connectivity index (χ1v) is 11.5. The molecule has 1 aromatic heterocycles. The molecule has 0 radical (unpaired) electrons. The molecule has 1 unspecified atom stereocenters. The molecule has 0 bridgehead atoms. The van der Waals surface area contributed by atoms with Crippen molar-refractivity contribution in [2.45, 2.75) is 45.6 Å². The Morgan fingerprint density at radius 2 is 1.66 bits per heavy atom. The lowest BCUT2D eigenvalue weighted by molar-refractivity contribution is -0.120. The normalized spacial score (nSPS) is 12.1. The number of amides is 1. The molecular formula is C28H31N3O. The molecular weight excluding hydrogens is 394 g/mol. The van der Waals surface area contributed by atoms with Gasteiger partial charge in [0.15, 0.2) is 0 Å². The molecule has 4 rings (SSSR count). The molecule has 0 saturated carbocycles. The third-order valence-electron chi connectivity index (χ3n) is 6.11. The fourth-order valence-electron chi connectivity index (χ4n) is 4.02. The van der Waals surface area contributed by atoms with E-state index in [9.17, 15) is 4.79 Å². The highest BCUT2D eigenvalue weighted by Gasteiger charge is 2.12. The quantitative estimate of drug-likeness (QED) is 0.385. The average molecular weight is 426 g/mol. The van der Waals surface area contributed by atoms with Gasteiger partial charge in [0, 0.05) is 19.5 Å². The molecule has 4 nitrogen and oxygen atoms in total. The molecule has 0 fully saturated rings. The van der Waals surface area contributed by atoms with E-state index in [-0.39, 0.29) is 5.91 Å². The maximum atomic E-state index is 12.3. The second-order valence-electron chi connectivity index (χ2n) is 8.42. The van der Waals surface area contributed by atoms with Gasteiger partial charge < -0.3 is 9.88 Å². The summed E-state index contributed by atoms with van der Waals surface area (Å²) in [7, 11) is 0. The van der Waals surface area contributed by atoms with E-state index in [0.717, 1.165) is 35.4 Å². The molecule has 1 N–H and O–H groups in total. The summed E-state index contributed by atoms with van der Waals surface area (Å²) in [5.74, 6) is 1.62. The number of carbonyl (C=O) groups excluding carboxylic acids is 1. The first-order valence-electron chi connectivity index (χ1n) is 11.5. The predicted molar refractivity (Wildman–Crippen MR) is 131 cm³/mol. The first-order chi connectivity index (χ1) is 15.6. The van der Waals surface area contributed by atoms with Gasteiger partial charge in [-0.1, -0.05) is 80.6 Å². The van der Waals surface area contributed by atoms with Gasteiger partial charge in [-0.25, -0.2) is 4.98 Å². The molecule has 4 aromatic rings. The van der Waals surface area contributed by atoms with Gasteiger partial charge in [0.05, 0.1) is 17.5 Å². The van der Waals surface area contributed by atoms with E-state index in [1.165, 1.54) is 11.1 Å². The lowest BCUT2D eigenvalue weighted by atomic mass is 9.98. The van der Waals surface area contributed by atoms with Gasteiger partial charge in [-0.15, -0.1) is 0 Å². The minimum atomic E-state index is 0.0412. The van der Waals surface area contributed by atoms with Gasteiger partial charge in [0.2, 0.25) is 5.91 Å². The molecule has 3 aromatic carbocycles. The van der Waals surface area contributed by atoms with Crippen molar-refractivity contribution in [2.75, 3.05) is 6.54 Å². The van der Waals surface area contributed by atoms with E-state index in [1.807, 2.05) is 36.4 Å². The summed E-state index contributed by atoms with van der Waals surface area (Å²) in [5.41, 5.74) is 5.79. The van der Waals surface area contributed by atoms with Gasteiger partial charge in [-0.05, 0) is 41.2 Å². The zero-order valence-electron chi connectivity index (χ0n) is 18.9. The van der Waals surface area contributed by atoms with Crippen molar-refractivity contribution in [2.24, 2.45) is 0 Å². The molecule has 164 valence electrons. The molecule has 0 spiro atoms. The van der Waals surface area contributed by atoms with E-state index in [1.54, 1.807) is 0 Å². The van der Waals surface area contributed by atoms with Crippen LogP contribution in [-0.4, -0.2) is 22.0 Å². The highest BCUT2D eigenvalue weighted by atomic mass is 16.1. The largest absolute Gasteiger partial charge is 0.355 e. The molecule has 0 aliphatic rings. The fourth-order valence-corrected chi connectivity index (χ4v) is 4.02. The van der Waals surface area contributed by atoms with Crippen molar-refractivity contribution >= 4 is 16.9 Å². The maximum Gasteiger partial charge on any atom is 0.224 e. The van der Waals surface area contributed by atoms with Crippen LogP contribution >= 0.6 is 0 Å². The Morgan fingerprint density at radius 1 is 0.938 bits per heavy atom. The lowest BCUT2D eigenvalue weighted by Crippen LogP contribution is -2.28. The van der Waals surface area contributed by atoms with Crippen molar-refractivity contribution < 1.29 is 4.79 Å². The van der Waals surface area contributed by atoms with Crippen LogP contribution in [0.15, 0.2) is 78.9 Å². The highest BCUT2D eigenvalue weighted by molar-refractivity contribution is 5.78. The van der Waals surface area contributed by atoms with Gasteiger partial charge in [-0.2, -0.15) is 0 Å². The smallest absolute Gasteiger partial charge is 0.224 e. The number of benzene rings is 3. The second-order valence-corrected chi connectivity index (χ2v) is 8.42. The molecule has 0 saturated heterocycles. The summed E-state index contributed by atoms with van der Waals surface area (Å²) in [5, 5.41) is 3.05. The number of hydrogen-bond acceptors (Lipinski definition) is 2. The number of para-hydroxylation sites is 2. The number of hydrogen-bond donors (Lipinski definition) is 1. The van der Waals surface area contributed by atoms with E-state index in [0.29, 0.717) is 25.3 Å². The van der Waals surface area contributed by atoms with E-state index >= 15 is 0 Å². The zero-order valence-corrected chi connectivity index (χ0v) is 18.9. The monoisotopic (exact) mass is 425 g/mol. The highest BCUT2D eigenvalue weighted by Crippen LogP contribution is 2.21. The van der Waals surface area contributed by atoms with Crippen molar-refractivity contribution in [1.29, 1.82) is 0 Å². The van der Waals surface area contributed by atoms with Crippen molar-refractivity contribution in [3.63, 3.8) is 0 Å². The van der Waals surface area contributed by atoms with Crippen molar-refractivity contribution in [3.05, 3.63) is 101 Å². The number of aromatic nitrogens is 2. The number of rotatable bonds is 9. The van der Waals surface area contributed by atoms with Gasteiger partial charge in [0.25, 0.3) is 0 Å². The van der Waals surface area contributed by atoms with Crippen LogP contribution in [0.3, 0.4) is 0 Å². The van der Waals surface area contributed by atoms with Gasteiger partial charge in [-0.3, -0.25) is 4.79 Å². The zero-order chi connectivity index (χ0) is 22.3. The Balaban J connectivity index is 1.46. The number of carbonyl (C=O) groups is 1. The number of nitrogens with one attached hydrogen (secondary N) is 1. The van der Waals surface area contributed by atoms with Crippen LogP contribution in [0.1, 0.15) is 48.7 Å². The van der Waals surface area contributed by atoms with E-state index < -0.39 is 0 Å².